The third kappa shape index (κ3) is 6.58. The number of rotatable bonds is 11. The van der Waals surface area contributed by atoms with Crippen molar-refractivity contribution in [2.45, 2.75) is 95.8 Å². The highest BCUT2D eigenvalue weighted by Gasteiger charge is 2.33. The Bertz CT molecular complexity index is 1170. The zero-order chi connectivity index (χ0) is 28.2. The van der Waals surface area contributed by atoms with Crippen LogP contribution in [0.15, 0.2) is 4.79 Å². The molecule has 0 aromatic carbocycles. The summed E-state index contributed by atoms with van der Waals surface area (Å²) in [6.07, 6.45) is 13.6. The lowest BCUT2D eigenvalue weighted by molar-refractivity contribution is 0.0318. The molecule has 2 aromatic rings. The first-order valence-corrected chi connectivity index (χ1v) is 16.5. The van der Waals surface area contributed by atoms with Crippen LogP contribution in [0.4, 0.5) is 5.82 Å². The summed E-state index contributed by atoms with van der Waals surface area (Å²) in [7, 11) is 0. The van der Waals surface area contributed by atoms with Gasteiger partial charge >= 0.3 is 11.7 Å². The van der Waals surface area contributed by atoms with Gasteiger partial charge in [0.15, 0.2) is 11.5 Å². The first kappa shape index (κ1) is 28.9. The predicted molar refractivity (Wildman–Crippen MR) is 162 cm³/mol. The highest BCUT2D eigenvalue weighted by molar-refractivity contribution is 5.82. The van der Waals surface area contributed by atoms with Crippen LogP contribution in [-0.4, -0.2) is 117 Å². The topological polar surface area (TPSA) is 112 Å². The van der Waals surface area contributed by atoms with Crippen molar-refractivity contribution in [1.29, 1.82) is 0 Å². The summed E-state index contributed by atoms with van der Waals surface area (Å²) in [5.41, 5.74) is 7.22. The Morgan fingerprint density at radius 1 is 0.902 bits per heavy atom. The number of hydrogen-bond donors (Lipinski definition) is 2. The number of aromatic nitrogens is 4. The predicted octanol–water partition coefficient (Wildman–Crippen LogP) is 2.89. The third-order valence-corrected chi connectivity index (χ3v) is 10.2. The van der Waals surface area contributed by atoms with Gasteiger partial charge in [-0.05, 0) is 38.5 Å². The second kappa shape index (κ2) is 13.4. The summed E-state index contributed by atoms with van der Waals surface area (Å²) in [6.45, 7) is 12.2. The fourth-order valence-corrected chi connectivity index (χ4v) is 7.72. The maximum absolute atomic E-state index is 13.5. The molecule has 2 saturated heterocycles. The highest BCUT2D eigenvalue weighted by Crippen LogP contribution is 2.29. The van der Waals surface area contributed by atoms with Gasteiger partial charge in [-0.15, -0.1) is 0 Å². The number of fused-ring (bicyclic) bond motifs is 1. The summed E-state index contributed by atoms with van der Waals surface area (Å²) in [6, 6.07) is 1.78. The molecule has 3 N–H and O–H groups in total. The summed E-state index contributed by atoms with van der Waals surface area (Å²) < 4.78 is 7.69. The molecule has 2 saturated carbocycles. The van der Waals surface area contributed by atoms with Crippen LogP contribution in [0.2, 0.25) is 0 Å². The molecule has 11 heteroatoms. The fourth-order valence-electron chi connectivity index (χ4n) is 7.72. The second-order valence-corrected chi connectivity index (χ2v) is 12.7. The molecule has 11 nitrogen and oxygen atoms in total. The van der Waals surface area contributed by atoms with E-state index in [9.17, 15) is 4.79 Å². The molecule has 2 aliphatic heterocycles. The molecule has 4 aliphatic rings. The maximum atomic E-state index is 13.5. The molecule has 6 rings (SSSR count). The monoisotopic (exact) mass is 569 g/mol. The molecule has 0 amide bonds. The quantitative estimate of drug-likeness (QED) is 0.395. The number of unbranched alkanes of at least 4 members (excludes halogenated alkanes) is 1. The average Bonchev–Trinajstić information content (AvgIpc) is 3.77. The zero-order valence-corrected chi connectivity index (χ0v) is 25.1. The molecular formula is C30H51N9O2. The number of nitrogen functional groups attached to an aromatic ring is 1. The first-order chi connectivity index (χ1) is 20.1. The van der Waals surface area contributed by atoms with Crippen molar-refractivity contribution < 1.29 is 4.74 Å². The van der Waals surface area contributed by atoms with Crippen LogP contribution in [0.5, 0.6) is 6.01 Å². The Kier molecular flexibility index (Phi) is 9.44. The van der Waals surface area contributed by atoms with E-state index in [-0.39, 0.29) is 23.7 Å². The number of H-pyrrole nitrogens is 1. The van der Waals surface area contributed by atoms with Gasteiger partial charge < -0.3 is 20.4 Å². The van der Waals surface area contributed by atoms with Gasteiger partial charge in [-0.3, -0.25) is 19.3 Å². The van der Waals surface area contributed by atoms with E-state index in [1.54, 1.807) is 0 Å². The number of nitrogens with zero attached hydrogens (tertiary/aromatic N) is 7. The third-order valence-electron chi connectivity index (χ3n) is 10.2. The Balaban J connectivity index is 1.20. The highest BCUT2D eigenvalue weighted by atomic mass is 16.5. The lowest BCUT2D eigenvalue weighted by Crippen LogP contribution is -2.53. The number of imidazole rings is 1. The lowest BCUT2D eigenvalue weighted by Gasteiger charge is -2.43. The number of nitrogens with two attached hydrogens (primary N) is 1. The van der Waals surface area contributed by atoms with E-state index in [0.717, 1.165) is 90.2 Å². The number of anilines is 1. The molecule has 1 unspecified atom stereocenters. The van der Waals surface area contributed by atoms with Gasteiger partial charge in [-0.2, -0.15) is 9.97 Å². The number of nitrogens with one attached hydrogen (secondary N) is 1. The first-order valence-electron chi connectivity index (χ1n) is 16.5. The molecular weight excluding hydrogens is 518 g/mol. The zero-order valence-electron chi connectivity index (χ0n) is 25.1. The summed E-state index contributed by atoms with van der Waals surface area (Å²) >= 11 is 0. The van der Waals surface area contributed by atoms with Gasteiger partial charge in [-0.1, -0.05) is 39.0 Å². The van der Waals surface area contributed by atoms with Crippen LogP contribution in [-0.2, 0) is 0 Å². The molecule has 4 heterocycles. The minimum Gasteiger partial charge on any atom is -0.463 e. The number of hydrogen-bond acceptors (Lipinski definition) is 9. The second-order valence-electron chi connectivity index (χ2n) is 12.7. The van der Waals surface area contributed by atoms with Crippen LogP contribution >= 0.6 is 0 Å². The van der Waals surface area contributed by atoms with Crippen molar-refractivity contribution in [2.24, 2.45) is 0 Å². The molecule has 4 fully saturated rings. The van der Waals surface area contributed by atoms with E-state index < -0.39 is 0 Å². The Hall–Kier alpha value is -2.21. The van der Waals surface area contributed by atoms with Crippen LogP contribution < -0.4 is 16.2 Å². The number of ether oxygens (including phenoxy) is 1. The largest absolute Gasteiger partial charge is 0.463 e. The summed E-state index contributed by atoms with van der Waals surface area (Å²) in [4.78, 5) is 36.1. The van der Waals surface area contributed by atoms with Crippen molar-refractivity contribution in [3.63, 3.8) is 0 Å². The minimum atomic E-state index is -0.166. The molecule has 0 spiro atoms. The SMILES string of the molecule is CCCCOc1nc(N)c2[nH]c(=O)n(C(CCN3CCN(C4CCCC4)CC3)N3CCN(C4CCCC4)CC3)c2n1. The molecule has 2 aliphatic carbocycles. The van der Waals surface area contributed by atoms with Gasteiger partial charge in [0.2, 0.25) is 0 Å². The van der Waals surface area contributed by atoms with E-state index in [2.05, 4.69) is 36.5 Å². The van der Waals surface area contributed by atoms with Gasteiger partial charge in [0.1, 0.15) is 5.52 Å². The standard InChI is InChI=1S/C30H51N9O2/c1-2-3-22-41-29-33-27(31)26-28(34-29)39(30(40)32-26)25(38-20-18-37(19-21-38)24-10-6-7-11-24)12-13-35-14-16-36(17-15-35)23-8-4-5-9-23/h23-25H,2-22H2,1H3,(H,32,40)(H2,31,33,34). The smallest absolute Gasteiger partial charge is 0.329 e. The van der Waals surface area contributed by atoms with E-state index in [4.69, 9.17) is 15.5 Å². The van der Waals surface area contributed by atoms with Crippen molar-refractivity contribution in [3.8, 4) is 6.01 Å². The number of aromatic amines is 1. The average molecular weight is 570 g/mol. The van der Waals surface area contributed by atoms with Crippen molar-refractivity contribution in [3.05, 3.63) is 10.5 Å². The molecule has 228 valence electrons. The Morgan fingerprint density at radius 3 is 2.12 bits per heavy atom. The number of piperazine rings is 2. The molecule has 2 aromatic heterocycles. The lowest BCUT2D eigenvalue weighted by atomic mass is 10.1. The minimum absolute atomic E-state index is 0.0902. The van der Waals surface area contributed by atoms with Gasteiger partial charge in [0.25, 0.3) is 0 Å². The van der Waals surface area contributed by atoms with E-state index in [0.29, 0.717) is 17.8 Å². The van der Waals surface area contributed by atoms with Gasteiger partial charge in [-0.25, -0.2) is 4.79 Å². The summed E-state index contributed by atoms with van der Waals surface area (Å²) in [5, 5.41) is 0. The van der Waals surface area contributed by atoms with Crippen LogP contribution in [0.25, 0.3) is 11.2 Å². The van der Waals surface area contributed by atoms with Crippen molar-refractivity contribution in [1.82, 2.24) is 39.1 Å². The molecule has 0 bridgehead atoms. The van der Waals surface area contributed by atoms with Crippen molar-refractivity contribution in [2.75, 3.05) is 71.2 Å². The van der Waals surface area contributed by atoms with Gasteiger partial charge in [0.05, 0.1) is 12.8 Å². The molecule has 0 radical (unpaired) electrons. The molecule has 41 heavy (non-hydrogen) atoms. The van der Waals surface area contributed by atoms with Crippen LogP contribution in [0.1, 0.15) is 83.7 Å². The maximum Gasteiger partial charge on any atom is 0.329 e. The van der Waals surface area contributed by atoms with Crippen LogP contribution in [0.3, 0.4) is 0 Å². The van der Waals surface area contributed by atoms with E-state index >= 15 is 0 Å². The van der Waals surface area contributed by atoms with E-state index in [1.807, 2.05) is 4.57 Å². The van der Waals surface area contributed by atoms with E-state index in [1.165, 1.54) is 51.4 Å². The normalized spacial score (nSPS) is 23.6. The van der Waals surface area contributed by atoms with Crippen molar-refractivity contribution >= 4 is 17.0 Å². The Morgan fingerprint density at radius 2 is 1.51 bits per heavy atom. The van der Waals surface area contributed by atoms with Gasteiger partial charge in [0, 0.05) is 71.0 Å². The van der Waals surface area contributed by atoms with Crippen LogP contribution in [0, 0.1) is 0 Å². The molecule has 1 atom stereocenters. The Labute approximate surface area is 244 Å². The summed E-state index contributed by atoms with van der Waals surface area (Å²) in [5.74, 6) is 0.269. The fraction of sp³-hybridized carbons (Fsp3) is 0.833.